The van der Waals surface area contributed by atoms with Crippen LogP contribution in [0, 0.1) is 0 Å². The molecule has 3 rings (SSSR count). The predicted molar refractivity (Wildman–Crippen MR) is 99.8 cm³/mol. The largest absolute Gasteiger partial charge is 0.488 e. The van der Waals surface area contributed by atoms with Crippen molar-refractivity contribution in [2.24, 2.45) is 0 Å². The van der Waals surface area contributed by atoms with E-state index in [9.17, 15) is 38.7 Å². The Kier molecular flexibility index (Phi) is 6.75. The van der Waals surface area contributed by atoms with Crippen LogP contribution in [-0.2, 0) is 49.7 Å². The van der Waals surface area contributed by atoms with E-state index in [0.717, 1.165) is 4.57 Å². The number of aryl methyl sites for hydroxylation is 1. The summed E-state index contributed by atoms with van der Waals surface area (Å²) in [4.78, 5) is 44.5. The molecule has 2 aliphatic heterocycles. The third-order valence-electron chi connectivity index (χ3n) is 4.06. The van der Waals surface area contributed by atoms with E-state index in [1.54, 1.807) is 6.92 Å². The summed E-state index contributed by atoms with van der Waals surface area (Å²) in [5.41, 5.74) is -1.66. The van der Waals surface area contributed by atoms with Crippen molar-refractivity contribution in [1.29, 1.82) is 0 Å². The summed E-state index contributed by atoms with van der Waals surface area (Å²) in [5, 5.41) is 20.5. The Labute approximate surface area is 172 Å². The number of aliphatic hydroxyl groups excluding tert-OH is 2. The molecule has 2 aliphatic rings. The SMILES string of the molecule is CCn1cc([C@@H]2O[C@H](COP3(=S)OP(=O)(O)OP(=O)(O)O3)C(O)[C@@H]2O)c(=O)[nH]c1=O. The molecular weight excluding hydrogens is 493 g/mol. The van der Waals surface area contributed by atoms with E-state index in [-0.39, 0.29) is 12.1 Å². The lowest BCUT2D eigenvalue weighted by Gasteiger charge is -2.30. The third-order valence-corrected chi connectivity index (χ3v) is 10.9. The van der Waals surface area contributed by atoms with Gasteiger partial charge in [0, 0.05) is 12.7 Å². The van der Waals surface area contributed by atoms with Gasteiger partial charge in [0.15, 0.2) is 0 Å². The molecule has 0 bridgehead atoms. The number of ether oxygens (including phenoxy) is 1. The smallest absolute Gasteiger partial charge is 0.387 e. The first-order chi connectivity index (χ1) is 13.8. The van der Waals surface area contributed by atoms with Crippen molar-refractivity contribution in [3.63, 3.8) is 0 Å². The molecule has 0 saturated carbocycles. The Morgan fingerprint density at radius 1 is 1.17 bits per heavy atom. The summed E-state index contributed by atoms with van der Waals surface area (Å²) in [7, 11) is -10.1. The van der Waals surface area contributed by atoms with Crippen molar-refractivity contribution in [1.82, 2.24) is 9.55 Å². The fourth-order valence-corrected chi connectivity index (χ4v) is 9.38. The van der Waals surface area contributed by atoms with Gasteiger partial charge in [-0.15, -0.1) is 0 Å². The number of phosphoric acid groups is 2. The molecule has 19 heteroatoms. The number of aromatic amines is 1. The standard InChI is InChI=1S/C11H17N2O13P3S/c1-2-13-3-5(10(16)12-11(13)17)9-8(15)7(14)6(23-9)4-22-29(30)25-27(18,19)24-28(20,21)26-29/h3,6-9,14-15H,2,4H2,1H3,(H,18,19)(H,20,21)(H,12,16,17)/t6-,7?,8+,9+/m1/s1. The minimum atomic E-state index is -5.05. The molecule has 170 valence electrons. The average Bonchev–Trinajstić information content (AvgIpc) is 2.85. The minimum absolute atomic E-state index is 0.147. The zero-order valence-electron chi connectivity index (χ0n) is 15.0. The number of rotatable bonds is 5. The molecule has 0 aromatic carbocycles. The molecule has 2 fully saturated rings. The Balaban J connectivity index is 1.78. The average molecular weight is 510 g/mol. The van der Waals surface area contributed by atoms with Crippen LogP contribution in [0.1, 0.15) is 18.6 Å². The van der Waals surface area contributed by atoms with Crippen molar-refractivity contribution in [3.05, 3.63) is 32.6 Å². The van der Waals surface area contributed by atoms with E-state index >= 15 is 0 Å². The number of nitrogens with one attached hydrogen (secondary N) is 1. The molecule has 5 N–H and O–H groups in total. The van der Waals surface area contributed by atoms with Crippen LogP contribution in [0.4, 0.5) is 0 Å². The summed E-state index contributed by atoms with van der Waals surface area (Å²) in [6.07, 6.45) is -4.79. The van der Waals surface area contributed by atoms with Gasteiger partial charge in [0.25, 0.3) is 5.56 Å². The quantitative estimate of drug-likeness (QED) is 0.307. The molecular formula is C11H17N2O13P3S. The summed E-state index contributed by atoms with van der Waals surface area (Å²) in [6.45, 7) is -3.14. The van der Waals surface area contributed by atoms with Gasteiger partial charge in [-0.1, -0.05) is 0 Å². The van der Waals surface area contributed by atoms with E-state index in [0.29, 0.717) is 0 Å². The number of hydrogen-bond donors (Lipinski definition) is 5. The molecule has 15 nitrogen and oxygen atoms in total. The molecule has 2 saturated heterocycles. The second-order valence-corrected chi connectivity index (χ2v) is 12.5. The maximum atomic E-state index is 12.1. The highest BCUT2D eigenvalue weighted by atomic mass is 32.5. The Bertz CT molecular complexity index is 1060. The molecule has 0 spiro atoms. The van der Waals surface area contributed by atoms with Gasteiger partial charge in [-0.2, -0.15) is 4.31 Å². The highest BCUT2D eigenvalue weighted by molar-refractivity contribution is 8.11. The lowest BCUT2D eigenvalue weighted by Crippen LogP contribution is -2.36. The summed E-state index contributed by atoms with van der Waals surface area (Å²) in [6, 6.07) is 0. The van der Waals surface area contributed by atoms with E-state index < -0.39 is 64.6 Å². The first kappa shape index (κ1) is 24.1. The van der Waals surface area contributed by atoms with Crippen LogP contribution in [0.3, 0.4) is 0 Å². The van der Waals surface area contributed by atoms with Crippen LogP contribution in [0.5, 0.6) is 0 Å². The van der Waals surface area contributed by atoms with E-state index in [1.165, 1.54) is 6.20 Å². The van der Waals surface area contributed by atoms with Crippen LogP contribution in [0.15, 0.2) is 15.8 Å². The van der Waals surface area contributed by atoms with E-state index in [4.69, 9.17) is 21.1 Å². The van der Waals surface area contributed by atoms with Crippen molar-refractivity contribution >= 4 is 34.2 Å². The zero-order valence-corrected chi connectivity index (χ0v) is 18.5. The lowest BCUT2D eigenvalue weighted by molar-refractivity contribution is -0.0203. The van der Waals surface area contributed by atoms with Gasteiger partial charge >= 0.3 is 28.1 Å². The van der Waals surface area contributed by atoms with E-state index in [1.807, 2.05) is 0 Å². The monoisotopic (exact) mass is 510 g/mol. The van der Waals surface area contributed by atoms with E-state index in [2.05, 4.69) is 17.9 Å². The molecule has 1 aromatic heterocycles. The van der Waals surface area contributed by atoms with Crippen molar-refractivity contribution in [2.75, 3.05) is 6.61 Å². The summed E-state index contributed by atoms with van der Waals surface area (Å²) >= 11 is 4.75. The maximum absolute atomic E-state index is 12.1. The molecule has 3 heterocycles. The Hall–Kier alpha value is -0.570. The lowest BCUT2D eigenvalue weighted by atomic mass is 10.0. The van der Waals surface area contributed by atoms with Gasteiger partial charge in [-0.25, -0.2) is 22.5 Å². The molecule has 0 aliphatic carbocycles. The van der Waals surface area contributed by atoms with Gasteiger partial charge in [0.1, 0.15) is 24.4 Å². The summed E-state index contributed by atoms with van der Waals surface area (Å²) < 4.78 is 47.4. The third kappa shape index (κ3) is 5.08. The molecule has 6 atom stereocenters. The molecule has 3 unspecified atom stereocenters. The van der Waals surface area contributed by atoms with Gasteiger partial charge in [0.2, 0.25) is 0 Å². The molecule has 1 aromatic rings. The van der Waals surface area contributed by atoms with Crippen LogP contribution in [-0.4, -0.2) is 54.5 Å². The minimum Gasteiger partial charge on any atom is -0.387 e. The maximum Gasteiger partial charge on any atom is 0.488 e. The van der Waals surface area contributed by atoms with Crippen LogP contribution in [0.2, 0.25) is 0 Å². The first-order valence-electron chi connectivity index (χ1n) is 8.15. The normalized spacial score (nSPS) is 41.8. The van der Waals surface area contributed by atoms with Crippen molar-refractivity contribution in [3.8, 4) is 0 Å². The summed E-state index contributed by atoms with van der Waals surface area (Å²) in [5.74, 6) is 0. The van der Waals surface area contributed by atoms with Gasteiger partial charge in [-0.05, 0) is 18.7 Å². The highest BCUT2D eigenvalue weighted by Gasteiger charge is 2.52. The van der Waals surface area contributed by atoms with Gasteiger partial charge < -0.3 is 33.8 Å². The van der Waals surface area contributed by atoms with Crippen LogP contribution < -0.4 is 11.2 Å². The van der Waals surface area contributed by atoms with Crippen molar-refractivity contribution < 1.29 is 51.3 Å². The van der Waals surface area contributed by atoms with Gasteiger partial charge in [0.05, 0.1) is 12.2 Å². The number of aliphatic hydroxyl groups is 2. The number of nitrogens with zero attached hydrogens (tertiary/aromatic N) is 1. The second-order valence-electron chi connectivity index (χ2n) is 6.13. The highest BCUT2D eigenvalue weighted by Crippen LogP contribution is 2.80. The van der Waals surface area contributed by atoms with Crippen LogP contribution >= 0.6 is 22.4 Å². The topological polar surface area (TPSA) is 216 Å². The number of hydrogen-bond acceptors (Lipinski definition) is 12. The van der Waals surface area contributed by atoms with Gasteiger partial charge in [-0.3, -0.25) is 9.78 Å². The second kappa shape index (κ2) is 8.41. The zero-order chi connectivity index (χ0) is 22.5. The number of H-pyrrole nitrogens is 1. The fraction of sp³-hybridized carbons (Fsp3) is 0.636. The molecule has 0 radical (unpaired) electrons. The fourth-order valence-electron chi connectivity index (χ4n) is 2.75. The van der Waals surface area contributed by atoms with Crippen molar-refractivity contribution in [2.45, 2.75) is 37.9 Å². The molecule has 0 amide bonds. The molecule has 30 heavy (non-hydrogen) atoms. The van der Waals surface area contributed by atoms with Crippen LogP contribution in [0.25, 0.3) is 0 Å². The Morgan fingerprint density at radius 3 is 2.33 bits per heavy atom. The Morgan fingerprint density at radius 2 is 1.77 bits per heavy atom. The first-order valence-corrected chi connectivity index (χ1v) is 13.7. The number of aromatic nitrogens is 2. The predicted octanol–water partition coefficient (Wildman–Crippen LogP) is -0.777.